The van der Waals surface area contributed by atoms with Crippen molar-refractivity contribution in [1.82, 2.24) is 15.1 Å². The topological polar surface area (TPSA) is 78.7 Å². The number of hydrogen-bond acceptors (Lipinski definition) is 4. The van der Waals surface area contributed by atoms with E-state index in [0.29, 0.717) is 32.7 Å². The van der Waals surface area contributed by atoms with Gasteiger partial charge in [-0.15, -0.1) is 0 Å². The quantitative estimate of drug-likeness (QED) is 0.767. The van der Waals surface area contributed by atoms with E-state index in [-0.39, 0.29) is 23.3 Å². The second-order valence-corrected chi connectivity index (χ2v) is 7.17. The summed E-state index contributed by atoms with van der Waals surface area (Å²) in [4.78, 5) is 27.9. The average molecular weight is 298 g/mol. The van der Waals surface area contributed by atoms with Crippen LogP contribution in [0.3, 0.4) is 0 Å². The van der Waals surface area contributed by atoms with E-state index in [1.165, 1.54) is 0 Å². The Hall–Kier alpha value is -1.14. The van der Waals surface area contributed by atoms with Gasteiger partial charge in [0.2, 0.25) is 11.8 Å². The molecule has 0 aromatic rings. The van der Waals surface area contributed by atoms with Gasteiger partial charge >= 0.3 is 0 Å². The standard InChI is InChI=1S/C15H30N4O2/c1-11(2)17-12(20)10-18-6-8-19(9-7-18)14(21)13(16)15(3,4)5/h11,13H,6-10,16H2,1-5H3,(H,17,20)/t13-/m1/s1. The summed E-state index contributed by atoms with van der Waals surface area (Å²) in [5.74, 6) is 0.0463. The highest BCUT2D eigenvalue weighted by Crippen LogP contribution is 2.19. The van der Waals surface area contributed by atoms with Gasteiger partial charge in [-0.3, -0.25) is 14.5 Å². The van der Waals surface area contributed by atoms with E-state index in [1.807, 2.05) is 39.5 Å². The third-order valence-electron chi connectivity index (χ3n) is 3.70. The number of piperazine rings is 1. The molecular weight excluding hydrogens is 268 g/mol. The fourth-order valence-corrected chi connectivity index (χ4v) is 2.26. The molecule has 6 heteroatoms. The van der Waals surface area contributed by atoms with Gasteiger partial charge < -0.3 is 16.0 Å². The lowest BCUT2D eigenvalue weighted by Crippen LogP contribution is -2.57. The third kappa shape index (κ3) is 5.63. The Morgan fingerprint density at radius 3 is 2.10 bits per heavy atom. The summed E-state index contributed by atoms with van der Waals surface area (Å²) >= 11 is 0. The monoisotopic (exact) mass is 298 g/mol. The second kappa shape index (κ2) is 7.22. The van der Waals surface area contributed by atoms with Crippen molar-refractivity contribution in [2.75, 3.05) is 32.7 Å². The van der Waals surface area contributed by atoms with E-state index in [0.717, 1.165) is 0 Å². The van der Waals surface area contributed by atoms with E-state index < -0.39 is 6.04 Å². The summed E-state index contributed by atoms with van der Waals surface area (Å²) in [5.41, 5.74) is 5.80. The van der Waals surface area contributed by atoms with Crippen LogP contribution in [0.2, 0.25) is 0 Å². The Labute approximate surface area is 128 Å². The number of nitrogens with zero attached hydrogens (tertiary/aromatic N) is 2. The van der Waals surface area contributed by atoms with Gasteiger partial charge in [-0.05, 0) is 19.3 Å². The van der Waals surface area contributed by atoms with Gasteiger partial charge in [0, 0.05) is 32.2 Å². The first-order chi connectivity index (χ1) is 9.61. The summed E-state index contributed by atoms with van der Waals surface area (Å²) < 4.78 is 0. The number of carbonyl (C=O) groups excluding carboxylic acids is 2. The van der Waals surface area contributed by atoms with E-state index in [4.69, 9.17) is 5.73 Å². The molecule has 0 radical (unpaired) electrons. The molecule has 6 nitrogen and oxygen atoms in total. The van der Waals surface area contributed by atoms with Crippen LogP contribution in [-0.4, -0.2) is 66.4 Å². The molecule has 1 aliphatic rings. The maximum Gasteiger partial charge on any atom is 0.240 e. The molecule has 0 aliphatic carbocycles. The van der Waals surface area contributed by atoms with Crippen molar-refractivity contribution >= 4 is 11.8 Å². The van der Waals surface area contributed by atoms with Gasteiger partial charge in [0.25, 0.3) is 0 Å². The first-order valence-corrected chi connectivity index (χ1v) is 7.67. The van der Waals surface area contributed by atoms with Crippen LogP contribution in [0.5, 0.6) is 0 Å². The van der Waals surface area contributed by atoms with Crippen molar-refractivity contribution < 1.29 is 9.59 Å². The molecule has 0 bridgehead atoms. The van der Waals surface area contributed by atoms with Crippen molar-refractivity contribution in [2.45, 2.75) is 46.7 Å². The van der Waals surface area contributed by atoms with Gasteiger partial charge in [-0.1, -0.05) is 20.8 Å². The van der Waals surface area contributed by atoms with E-state index in [2.05, 4.69) is 10.2 Å². The minimum absolute atomic E-state index is 0.00813. The highest BCUT2D eigenvalue weighted by atomic mass is 16.2. The molecule has 0 aromatic heterocycles. The Morgan fingerprint density at radius 2 is 1.67 bits per heavy atom. The number of amides is 2. The molecule has 0 aromatic carbocycles. The first kappa shape index (κ1) is 17.9. The lowest BCUT2D eigenvalue weighted by molar-refractivity contribution is -0.136. The van der Waals surface area contributed by atoms with Gasteiger partial charge in [-0.25, -0.2) is 0 Å². The predicted octanol–water partition coefficient (Wildman–Crippen LogP) is 0.0286. The highest BCUT2D eigenvalue weighted by Gasteiger charge is 2.32. The smallest absolute Gasteiger partial charge is 0.240 e. The molecule has 0 unspecified atom stereocenters. The Balaban J connectivity index is 2.42. The molecule has 1 fully saturated rings. The van der Waals surface area contributed by atoms with Crippen LogP contribution in [0.4, 0.5) is 0 Å². The maximum absolute atomic E-state index is 12.3. The normalized spacial score (nSPS) is 18.7. The lowest BCUT2D eigenvalue weighted by atomic mass is 9.86. The molecule has 122 valence electrons. The zero-order chi connectivity index (χ0) is 16.2. The molecule has 1 rings (SSSR count). The van der Waals surface area contributed by atoms with Crippen LogP contribution in [0.15, 0.2) is 0 Å². The molecule has 0 spiro atoms. The Morgan fingerprint density at radius 1 is 1.14 bits per heavy atom. The third-order valence-corrected chi connectivity index (χ3v) is 3.70. The summed E-state index contributed by atoms with van der Waals surface area (Å²) in [6.07, 6.45) is 0. The van der Waals surface area contributed by atoms with E-state index >= 15 is 0 Å². The second-order valence-electron chi connectivity index (χ2n) is 7.17. The SMILES string of the molecule is CC(C)NC(=O)CN1CCN(C(=O)[C@@H](N)C(C)(C)C)CC1. The number of carbonyl (C=O) groups is 2. The maximum atomic E-state index is 12.3. The molecule has 1 saturated heterocycles. The Bertz CT molecular complexity index is 368. The molecule has 1 heterocycles. The van der Waals surface area contributed by atoms with Crippen molar-refractivity contribution in [3.8, 4) is 0 Å². The number of nitrogens with two attached hydrogens (primary N) is 1. The zero-order valence-electron chi connectivity index (χ0n) is 14.0. The fourth-order valence-electron chi connectivity index (χ4n) is 2.26. The van der Waals surface area contributed by atoms with Gasteiger partial charge in [0.15, 0.2) is 0 Å². The first-order valence-electron chi connectivity index (χ1n) is 7.67. The van der Waals surface area contributed by atoms with Crippen molar-refractivity contribution in [2.24, 2.45) is 11.1 Å². The fraction of sp³-hybridized carbons (Fsp3) is 0.867. The van der Waals surface area contributed by atoms with Crippen molar-refractivity contribution in [3.05, 3.63) is 0 Å². The van der Waals surface area contributed by atoms with Crippen LogP contribution >= 0.6 is 0 Å². The van der Waals surface area contributed by atoms with E-state index in [1.54, 1.807) is 0 Å². The predicted molar refractivity (Wildman–Crippen MR) is 83.7 cm³/mol. The zero-order valence-corrected chi connectivity index (χ0v) is 14.0. The molecule has 21 heavy (non-hydrogen) atoms. The summed E-state index contributed by atoms with van der Waals surface area (Å²) in [5, 5.41) is 2.88. The molecule has 1 aliphatic heterocycles. The molecular formula is C15H30N4O2. The number of rotatable bonds is 4. The number of hydrogen-bond donors (Lipinski definition) is 2. The minimum atomic E-state index is -0.478. The lowest BCUT2D eigenvalue weighted by Gasteiger charge is -2.38. The molecule has 0 saturated carbocycles. The van der Waals surface area contributed by atoms with Crippen LogP contribution < -0.4 is 11.1 Å². The van der Waals surface area contributed by atoms with Crippen molar-refractivity contribution in [3.63, 3.8) is 0 Å². The van der Waals surface area contributed by atoms with Crippen LogP contribution in [-0.2, 0) is 9.59 Å². The van der Waals surface area contributed by atoms with Crippen LogP contribution in [0.25, 0.3) is 0 Å². The van der Waals surface area contributed by atoms with Crippen molar-refractivity contribution in [1.29, 1.82) is 0 Å². The molecule has 3 N–H and O–H groups in total. The van der Waals surface area contributed by atoms with Gasteiger partial charge in [0.05, 0.1) is 12.6 Å². The average Bonchev–Trinajstić information content (AvgIpc) is 2.35. The largest absolute Gasteiger partial charge is 0.353 e. The van der Waals surface area contributed by atoms with E-state index in [9.17, 15) is 9.59 Å². The highest BCUT2D eigenvalue weighted by molar-refractivity contribution is 5.82. The summed E-state index contributed by atoms with van der Waals surface area (Å²) in [6, 6.07) is -0.321. The van der Waals surface area contributed by atoms with Gasteiger partial charge in [0.1, 0.15) is 0 Å². The van der Waals surface area contributed by atoms with Gasteiger partial charge in [-0.2, -0.15) is 0 Å². The summed E-state index contributed by atoms with van der Waals surface area (Å²) in [7, 11) is 0. The summed E-state index contributed by atoms with van der Waals surface area (Å²) in [6.45, 7) is 12.9. The minimum Gasteiger partial charge on any atom is -0.353 e. The molecule has 1 atom stereocenters. The number of nitrogens with one attached hydrogen (secondary N) is 1. The van der Waals surface area contributed by atoms with Crippen LogP contribution in [0.1, 0.15) is 34.6 Å². The molecule has 2 amide bonds. The Kier molecular flexibility index (Phi) is 6.16. The van der Waals surface area contributed by atoms with Crippen LogP contribution in [0, 0.1) is 5.41 Å².